The molecule has 0 saturated heterocycles. The van der Waals surface area contributed by atoms with Gasteiger partial charge in [-0.1, -0.05) is 128 Å². The fourth-order valence-electron chi connectivity index (χ4n) is 6.62. The quantitative estimate of drug-likeness (QED) is 0.152. The van der Waals surface area contributed by atoms with E-state index in [0.717, 1.165) is 42.0 Å². The Labute approximate surface area is 358 Å². The Morgan fingerprint density at radius 3 is 1.07 bits per heavy atom. The van der Waals surface area contributed by atoms with Crippen molar-refractivity contribution in [2.24, 2.45) is 0 Å². The first kappa shape index (κ1) is 38.2. The maximum absolute atomic E-state index is 3.66. The van der Waals surface area contributed by atoms with Crippen molar-refractivity contribution >= 4 is 96.3 Å². The van der Waals surface area contributed by atoms with Crippen LogP contribution < -0.4 is 0 Å². The van der Waals surface area contributed by atoms with Crippen LogP contribution in [0.3, 0.4) is 0 Å². The summed E-state index contributed by atoms with van der Waals surface area (Å²) in [6, 6.07) is 63.8. The molecule has 8 aromatic carbocycles. The van der Waals surface area contributed by atoms with Gasteiger partial charge in [0.15, 0.2) is 0 Å². The van der Waals surface area contributed by atoms with Gasteiger partial charge in [-0.2, -0.15) is 0 Å². The van der Waals surface area contributed by atoms with Gasteiger partial charge in [-0.3, -0.25) is 0 Å². The number of thiophene rings is 2. The van der Waals surface area contributed by atoms with Crippen LogP contribution in [-0.4, -0.2) is 0 Å². The fraction of sp³-hybridized carbons (Fsp3) is 0.0189. The van der Waals surface area contributed by atoms with E-state index in [4.69, 9.17) is 0 Å². The van der Waals surface area contributed by atoms with Gasteiger partial charge in [-0.15, -0.1) is 22.7 Å². The normalized spacial score (nSPS) is 10.6. The minimum absolute atomic E-state index is 0. The second kappa shape index (κ2) is 17.2. The van der Waals surface area contributed by atoms with Gasteiger partial charge in [0.1, 0.15) is 0 Å². The van der Waals surface area contributed by atoms with Crippen LogP contribution in [0.4, 0.5) is 0 Å². The first-order valence-corrected chi connectivity index (χ1v) is 21.3. The number of halogens is 2. The minimum atomic E-state index is 0. The molecule has 10 aromatic rings. The molecule has 0 fully saturated rings. The van der Waals surface area contributed by atoms with Gasteiger partial charge in [0.2, 0.25) is 0 Å². The third-order valence-electron chi connectivity index (χ3n) is 9.47. The first-order chi connectivity index (χ1) is 27.5. The highest BCUT2D eigenvalue weighted by molar-refractivity contribution is 9.10. The van der Waals surface area contributed by atoms with E-state index in [1.165, 1.54) is 51.8 Å². The predicted molar refractivity (Wildman–Crippen MR) is 257 cm³/mol. The third kappa shape index (κ3) is 8.67. The molecule has 4 heteroatoms. The van der Waals surface area contributed by atoms with Gasteiger partial charge in [-0.05, 0) is 160 Å². The fourth-order valence-corrected chi connectivity index (χ4v) is 9.74. The summed E-state index contributed by atoms with van der Waals surface area (Å²) < 4.78 is 4.66. The van der Waals surface area contributed by atoms with E-state index < -0.39 is 0 Å². The topological polar surface area (TPSA) is 0 Å². The average Bonchev–Trinajstić information content (AvgIpc) is 3.86. The van der Waals surface area contributed by atoms with Crippen LogP contribution in [0.5, 0.6) is 0 Å². The molecule has 0 amide bonds. The lowest BCUT2D eigenvalue weighted by Crippen LogP contribution is -1.85. The molecule has 0 aliphatic rings. The van der Waals surface area contributed by atoms with Gasteiger partial charge in [0.05, 0.1) is 0 Å². The van der Waals surface area contributed by atoms with E-state index in [9.17, 15) is 0 Å². The van der Waals surface area contributed by atoms with E-state index >= 15 is 0 Å². The number of fused-ring (bicyclic) bond motifs is 4. The second-order valence-electron chi connectivity index (χ2n) is 13.3. The molecule has 57 heavy (non-hydrogen) atoms. The summed E-state index contributed by atoms with van der Waals surface area (Å²) in [6.45, 7) is 0. The van der Waals surface area contributed by atoms with Crippen LogP contribution >= 0.6 is 54.5 Å². The Balaban J connectivity index is 0.000000157. The maximum Gasteiger partial charge on any atom is 0.0397 e. The Morgan fingerprint density at radius 2 is 0.684 bits per heavy atom. The van der Waals surface area contributed by atoms with Gasteiger partial charge < -0.3 is 0 Å². The number of benzene rings is 8. The summed E-state index contributed by atoms with van der Waals surface area (Å²) in [4.78, 5) is 2.66. The number of rotatable bonds is 2. The van der Waals surface area contributed by atoms with Gasteiger partial charge >= 0.3 is 0 Å². The molecule has 0 N–H and O–H groups in total. The second-order valence-corrected chi connectivity index (χ2v) is 17.2. The molecule has 0 unspecified atom stereocenters. The highest BCUT2D eigenvalue weighted by Gasteiger charge is 2.10. The molecule has 2 aromatic heterocycles. The van der Waals surface area contributed by atoms with Crippen molar-refractivity contribution in [1.29, 1.82) is 0 Å². The van der Waals surface area contributed by atoms with Crippen LogP contribution in [0.2, 0.25) is 0 Å². The van der Waals surface area contributed by atoms with Gasteiger partial charge in [-0.25, -0.2) is 0 Å². The molecule has 0 aliphatic heterocycles. The number of hydrogen-bond donors (Lipinski definition) is 0. The van der Waals surface area contributed by atoms with E-state index in [1.807, 2.05) is 83.3 Å². The predicted octanol–water partition coefficient (Wildman–Crippen LogP) is 16.4. The summed E-state index contributed by atoms with van der Waals surface area (Å²) in [5.74, 6) is 13.0. The van der Waals surface area contributed by atoms with E-state index in [-0.39, 0.29) is 7.43 Å². The molecule has 0 radical (unpaired) electrons. The SMILES string of the molecule is Brc1cc2cc(C#Cc3ccccc3)c(Br)cc2cc1C#Cc1ccccc1.C.c1ccc(-c2cc3cc4cc5sc(-c6ccccc6)cc5cc4cc3s2)cc1. The lowest BCUT2D eigenvalue weighted by Gasteiger charge is -2.05. The Bertz CT molecular complexity index is 2860. The van der Waals surface area contributed by atoms with Gasteiger partial charge in [0.25, 0.3) is 0 Å². The van der Waals surface area contributed by atoms with Crippen LogP contribution in [0.1, 0.15) is 29.7 Å². The maximum atomic E-state index is 3.66. The Morgan fingerprint density at radius 1 is 0.333 bits per heavy atom. The molecule has 272 valence electrons. The molecule has 0 aliphatic carbocycles. The Kier molecular flexibility index (Phi) is 11.5. The smallest absolute Gasteiger partial charge is 0.0397 e. The highest BCUT2D eigenvalue weighted by Crippen LogP contribution is 2.40. The van der Waals surface area contributed by atoms with Crippen LogP contribution in [0, 0.1) is 23.7 Å². The van der Waals surface area contributed by atoms with Crippen molar-refractivity contribution in [3.05, 3.63) is 213 Å². The average molecular weight is 895 g/mol. The summed E-state index contributed by atoms with van der Waals surface area (Å²) in [7, 11) is 0. The summed E-state index contributed by atoms with van der Waals surface area (Å²) in [5, 5.41) is 7.54. The zero-order valence-corrected chi connectivity index (χ0v) is 34.7. The highest BCUT2D eigenvalue weighted by atomic mass is 79.9. The van der Waals surface area contributed by atoms with Crippen molar-refractivity contribution in [3.63, 3.8) is 0 Å². The zero-order chi connectivity index (χ0) is 37.8. The lowest BCUT2D eigenvalue weighted by atomic mass is 10.0. The molecule has 0 atom stereocenters. The van der Waals surface area contributed by atoms with Crippen LogP contribution in [0.25, 0.3) is 62.6 Å². The molecular formula is C53H34Br2S2. The minimum Gasteiger partial charge on any atom is -0.135 e. The summed E-state index contributed by atoms with van der Waals surface area (Å²) in [5.41, 5.74) is 6.52. The van der Waals surface area contributed by atoms with E-state index in [2.05, 4.69) is 177 Å². The standard InChI is InChI=1S/C26H14Br2.C26H16S2.CH4/c27-25-17-24-16-22(14-12-20-9-5-2-6-10-20)26(28)18-23(24)15-21(25)13-11-19-7-3-1-4-8-19;1-3-7-17(8-4-1)23-15-21-11-19-14-26-22(12-20(19)13-25(21)27-23)16-24(28-26)18-9-5-2-6-10-18;/h1-10,15-18H;1-16H;1H4. The Hall–Kier alpha value is -5.72. The van der Waals surface area contributed by atoms with Gasteiger partial charge in [0, 0.05) is 50.4 Å². The van der Waals surface area contributed by atoms with Crippen molar-refractivity contribution in [2.45, 2.75) is 7.43 Å². The first-order valence-electron chi connectivity index (χ1n) is 18.1. The third-order valence-corrected chi connectivity index (χ3v) is 13.1. The molecule has 0 spiro atoms. The van der Waals surface area contributed by atoms with Crippen molar-refractivity contribution < 1.29 is 0 Å². The summed E-state index contributed by atoms with van der Waals surface area (Å²) in [6.07, 6.45) is 0. The molecular weight excluding hydrogens is 861 g/mol. The molecule has 0 bridgehead atoms. The largest absolute Gasteiger partial charge is 0.135 e. The monoisotopic (exact) mass is 892 g/mol. The zero-order valence-electron chi connectivity index (χ0n) is 29.9. The van der Waals surface area contributed by atoms with Crippen molar-refractivity contribution in [1.82, 2.24) is 0 Å². The molecule has 2 heterocycles. The molecule has 0 saturated carbocycles. The number of hydrogen-bond acceptors (Lipinski definition) is 2. The lowest BCUT2D eigenvalue weighted by molar-refractivity contribution is 1.59. The van der Waals surface area contributed by atoms with Crippen molar-refractivity contribution in [2.75, 3.05) is 0 Å². The van der Waals surface area contributed by atoms with Crippen LogP contribution in [-0.2, 0) is 0 Å². The molecule has 0 nitrogen and oxygen atoms in total. The van der Waals surface area contributed by atoms with Crippen LogP contribution in [0.15, 0.2) is 191 Å². The van der Waals surface area contributed by atoms with E-state index in [0.29, 0.717) is 0 Å². The summed E-state index contributed by atoms with van der Waals surface area (Å²) >= 11 is 11.1. The van der Waals surface area contributed by atoms with Crippen molar-refractivity contribution in [3.8, 4) is 44.6 Å². The van der Waals surface area contributed by atoms with E-state index in [1.54, 1.807) is 0 Å². The molecule has 10 rings (SSSR count).